The molecule has 25 heavy (non-hydrogen) atoms. The van der Waals surface area contributed by atoms with Gasteiger partial charge in [-0.3, -0.25) is 9.78 Å². The Labute approximate surface area is 148 Å². The summed E-state index contributed by atoms with van der Waals surface area (Å²) in [7, 11) is 0. The van der Waals surface area contributed by atoms with Crippen LogP contribution in [0.3, 0.4) is 0 Å². The Kier molecular flexibility index (Phi) is 4.52. The van der Waals surface area contributed by atoms with E-state index in [2.05, 4.69) is 10.3 Å². The fourth-order valence-corrected chi connectivity index (χ4v) is 3.20. The van der Waals surface area contributed by atoms with Gasteiger partial charge in [-0.05, 0) is 49.9 Å². The number of pyridine rings is 1. The summed E-state index contributed by atoms with van der Waals surface area (Å²) in [6, 6.07) is 7.19. The molecule has 132 valence electrons. The number of hydrogen-bond donors (Lipinski definition) is 2. The number of anilines is 1. The summed E-state index contributed by atoms with van der Waals surface area (Å²) in [4.78, 5) is 16.5. The number of aromatic nitrogens is 1. The predicted octanol–water partition coefficient (Wildman–Crippen LogP) is 3.69. The molecule has 1 aromatic heterocycles. The Morgan fingerprint density at radius 1 is 1.28 bits per heavy atom. The van der Waals surface area contributed by atoms with Gasteiger partial charge in [0, 0.05) is 35.3 Å². The van der Waals surface area contributed by atoms with E-state index in [0.717, 1.165) is 22.4 Å². The summed E-state index contributed by atoms with van der Waals surface area (Å²) in [6.07, 6.45) is 4.28. The lowest BCUT2D eigenvalue weighted by Gasteiger charge is -2.34. The predicted molar refractivity (Wildman–Crippen MR) is 99.4 cm³/mol. The van der Waals surface area contributed by atoms with Gasteiger partial charge in [-0.25, -0.2) is 0 Å². The summed E-state index contributed by atoms with van der Waals surface area (Å²) in [5, 5.41) is 2.89. The maximum absolute atomic E-state index is 12.3. The second kappa shape index (κ2) is 6.48. The highest BCUT2D eigenvalue weighted by Crippen LogP contribution is 2.45. The van der Waals surface area contributed by atoms with E-state index in [-0.39, 0.29) is 5.91 Å². The van der Waals surface area contributed by atoms with Gasteiger partial charge in [0.25, 0.3) is 0 Å². The van der Waals surface area contributed by atoms with E-state index in [1.807, 2.05) is 58.2 Å². The van der Waals surface area contributed by atoms with Crippen LogP contribution in [0.4, 0.5) is 5.69 Å². The van der Waals surface area contributed by atoms with Gasteiger partial charge in [0.15, 0.2) is 0 Å². The highest BCUT2D eigenvalue weighted by atomic mass is 16.5. The molecule has 2 heterocycles. The van der Waals surface area contributed by atoms with Crippen molar-refractivity contribution in [3.8, 4) is 16.9 Å². The molecule has 0 radical (unpaired) electrons. The highest BCUT2D eigenvalue weighted by Gasteiger charge is 2.32. The fourth-order valence-electron chi connectivity index (χ4n) is 3.20. The normalized spacial score (nSPS) is 15.8. The van der Waals surface area contributed by atoms with Crippen LogP contribution in [0.25, 0.3) is 11.1 Å². The van der Waals surface area contributed by atoms with Gasteiger partial charge < -0.3 is 15.8 Å². The zero-order valence-corrected chi connectivity index (χ0v) is 15.2. The molecular weight excluding hydrogens is 314 g/mol. The van der Waals surface area contributed by atoms with Crippen LogP contribution in [0, 0.1) is 5.92 Å². The molecule has 0 unspecified atom stereocenters. The van der Waals surface area contributed by atoms with Crippen molar-refractivity contribution in [2.24, 2.45) is 11.7 Å². The van der Waals surface area contributed by atoms with E-state index in [1.54, 1.807) is 6.20 Å². The minimum absolute atomic E-state index is 0.173. The number of nitrogens with zero attached hydrogens (tertiary/aromatic N) is 1. The molecule has 0 saturated carbocycles. The first-order valence-electron chi connectivity index (χ1n) is 8.62. The van der Waals surface area contributed by atoms with Crippen molar-refractivity contribution in [1.29, 1.82) is 0 Å². The number of ether oxygens (including phenoxy) is 1. The number of amides is 1. The molecule has 0 saturated heterocycles. The van der Waals surface area contributed by atoms with Gasteiger partial charge in [0.1, 0.15) is 11.4 Å². The molecule has 1 aromatic carbocycles. The number of carbonyl (C=O) groups excluding carboxylic acids is 1. The minimum atomic E-state index is -0.514. The SMILES string of the molecule is CC(C)C[C@H](N)C(=O)Nc1ccc2c(c1)OC(C)(C)c1cnccc1-2. The van der Waals surface area contributed by atoms with Crippen LogP contribution in [-0.4, -0.2) is 16.9 Å². The maximum atomic E-state index is 12.3. The topological polar surface area (TPSA) is 77.2 Å². The first-order chi connectivity index (χ1) is 11.8. The molecule has 0 spiro atoms. The van der Waals surface area contributed by atoms with E-state index in [4.69, 9.17) is 10.5 Å². The van der Waals surface area contributed by atoms with Crippen LogP contribution in [-0.2, 0) is 10.4 Å². The molecule has 1 atom stereocenters. The molecule has 5 nitrogen and oxygen atoms in total. The minimum Gasteiger partial charge on any atom is -0.482 e. The van der Waals surface area contributed by atoms with Gasteiger partial charge in [-0.15, -0.1) is 0 Å². The molecule has 3 rings (SSSR count). The summed E-state index contributed by atoms with van der Waals surface area (Å²) in [6.45, 7) is 8.13. The van der Waals surface area contributed by atoms with Crippen molar-refractivity contribution in [2.75, 3.05) is 5.32 Å². The van der Waals surface area contributed by atoms with Crippen molar-refractivity contribution in [3.05, 3.63) is 42.2 Å². The molecule has 3 N–H and O–H groups in total. The third-order valence-corrected chi connectivity index (χ3v) is 4.44. The third kappa shape index (κ3) is 3.51. The van der Waals surface area contributed by atoms with Crippen molar-refractivity contribution >= 4 is 11.6 Å². The summed E-state index contributed by atoms with van der Waals surface area (Å²) in [5.41, 5.74) is 9.33. The van der Waals surface area contributed by atoms with E-state index < -0.39 is 11.6 Å². The smallest absolute Gasteiger partial charge is 0.241 e. The Bertz CT molecular complexity index is 799. The van der Waals surface area contributed by atoms with Crippen molar-refractivity contribution < 1.29 is 9.53 Å². The van der Waals surface area contributed by atoms with Crippen LogP contribution < -0.4 is 15.8 Å². The lowest BCUT2D eigenvalue weighted by atomic mass is 9.88. The van der Waals surface area contributed by atoms with E-state index >= 15 is 0 Å². The zero-order chi connectivity index (χ0) is 18.2. The number of rotatable bonds is 4. The Balaban J connectivity index is 1.88. The number of hydrogen-bond acceptors (Lipinski definition) is 4. The van der Waals surface area contributed by atoms with Gasteiger partial charge in [0.2, 0.25) is 5.91 Å². The van der Waals surface area contributed by atoms with E-state index in [1.165, 1.54) is 0 Å². The Morgan fingerprint density at radius 3 is 2.76 bits per heavy atom. The molecule has 2 aromatic rings. The number of carbonyl (C=O) groups is 1. The van der Waals surface area contributed by atoms with Crippen molar-refractivity contribution in [3.63, 3.8) is 0 Å². The monoisotopic (exact) mass is 339 g/mol. The number of nitrogens with one attached hydrogen (secondary N) is 1. The molecule has 0 aliphatic carbocycles. The van der Waals surface area contributed by atoms with E-state index in [9.17, 15) is 4.79 Å². The third-order valence-electron chi connectivity index (χ3n) is 4.44. The zero-order valence-electron chi connectivity index (χ0n) is 15.2. The average molecular weight is 339 g/mol. The van der Waals surface area contributed by atoms with Crippen LogP contribution >= 0.6 is 0 Å². The molecule has 1 amide bonds. The van der Waals surface area contributed by atoms with Gasteiger partial charge in [-0.1, -0.05) is 13.8 Å². The first-order valence-corrected chi connectivity index (χ1v) is 8.62. The van der Waals surface area contributed by atoms with E-state index in [0.29, 0.717) is 18.0 Å². The second-order valence-corrected chi connectivity index (χ2v) is 7.47. The Hall–Kier alpha value is -2.40. The Morgan fingerprint density at radius 2 is 2.04 bits per heavy atom. The quantitative estimate of drug-likeness (QED) is 0.890. The number of benzene rings is 1. The average Bonchev–Trinajstić information content (AvgIpc) is 2.53. The van der Waals surface area contributed by atoms with Crippen molar-refractivity contribution in [2.45, 2.75) is 45.8 Å². The van der Waals surface area contributed by atoms with Gasteiger partial charge in [0.05, 0.1) is 6.04 Å². The highest BCUT2D eigenvalue weighted by molar-refractivity contribution is 5.95. The number of fused-ring (bicyclic) bond motifs is 3. The second-order valence-electron chi connectivity index (χ2n) is 7.47. The molecule has 1 aliphatic heterocycles. The van der Waals surface area contributed by atoms with Gasteiger partial charge >= 0.3 is 0 Å². The number of nitrogens with two attached hydrogens (primary N) is 1. The molecule has 1 aliphatic rings. The van der Waals surface area contributed by atoms with Crippen LogP contribution in [0.1, 0.15) is 39.7 Å². The lowest BCUT2D eigenvalue weighted by molar-refractivity contribution is -0.117. The van der Waals surface area contributed by atoms with Crippen LogP contribution in [0.15, 0.2) is 36.7 Å². The summed E-state index contributed by atoms with van der Waals surface area (Å²) < 4.78 is 6.17. The molecule has 5 heteroatoms. The molecular formula is C20H25N3O2. The van der Waals surface area contributed by atoms with Crippen molar-refractivity contribution in [1.82, 2.24) is 4.98 Å². The van der Waals surface area contributed by atoms with Gasteiger partial charge in [-0.2, -0.15) is 0 Å². The molecule has 0 bridgehead atoms. The van der Waals surface area contributed by atoms with Crippen LogP contribution in [0.5, 0.6) is 5.75 Å². The summed E-state index contributed by atoms with van der Waals surface area (Å²) in [5.74, 6) is 0.950. The largest absolute Gasteiger partial charge is 0.482 e. The molecule has 0 fully saturated rings. The van der Waals surface area contributed by atoms with Crippen LogP contribution in [0.2, 0.25) is 0 Å². The first kappa shape index (κ1) is 17.4. The fraction of sp³-hybridized carbons (Fsp3) is 0.400. The lowest BCUT2D eigenvalue weighted by Crippen LogP contribution is -2.36. The summed E-state index contributed by atoms with van der Waals surface area (Å²) >= 11 is 0. The maximum Gasteiger partial charge on any atom is 0.241 e. The standard InChI is InChI=1S/C20H25N3O2/c1-12(2)9-17(21)19(24)23-13-5-6-15-14-7-8-22-11-16(14)20(3,4)25-18(15)10-13/h5-8,10-12,17H,9,21H2,1-4H3,(H,23,24)/t17-/m0/s1.